The summed E-state index contributed by atoms with van der Waals surface area (Å²) in [6, 6.07) is 15.3. The van der Waals surface area contributed by atoms with Crippen LogP contribution in [0.15, 0.2) is 53.1 Å². The number of piperidine rings is 1. The normalized spacial score (nSPS) is 15.6. The molecule has 180 valence electrons. The second kappa shape index (κ2) is 11.2. The van der Waals surface area contributed by atoms with Crippen molar-refractivity contribution < 1.29 is 18.8 Å². The number of hydrogen-bond acceptors (Lipinski definition) is 7. The molecule has 4 rings (SSSR count). The van der Waals surface area contributed by atoms with Gasteiger partial charge in [0, 0.05) is 11.5 Å². The third kappa shape index (κ3) is 6.14. The zero-order valence-corrected chi connectivity index (χ0v) is 20.0. The van der Waals surface area contributed by atoms with Crippen LogP contribution in [0.2, 0.25) is 0 Å². The fraction of sp³-hybridized carbons (Fsp3) is 0.423. The van der Waals surface area contributed by atoms with Gasteiger partial charge in [0.15, 0.2) is 0 Å². The number of carbonyl (C=O) groups is 1. The lowest BCUT2D eigenvalue weighted by Gasteiger charge is -2.30. The number of amides is 1. The van der Waals surface area contributed by atoms with Crippen LogP contribution in [0.5, 0.6) is 11.5 Å². The van der Waals surface area contributed by atoms with Gasteiger partial charge in [-0.15, -0.1) is 0 Å². The Hall–Kier alpha value is -3.39. The molecule has 0 aliphatic carbocycles. The third-order valence-corrected chi connectivity index (χ3v) is 6.12. The zero-order chi connectivity index (χ0) is 23.9. The van der Waals surface area contributed by atoms with Crippen molar-refractivity contribution in [2.45, 2.75) is 39.3 Å². The number of nitrogens with zero attached hydrogens (tertiary/aromatic N) is 3. The minimum absolute atomic E-state index is 0.00454. The molecule has 8 heteroatoms. The maximum atomic E-state index is 12.7. The van der Waals surface area contributed by atoms with Gasteiger partial charge in [-0.25, -0.2) is 0 Å². The zero-order valence-electron chi connectivity index (χ0n) is 20.0. The molecular weight excluding hydrogens is 432 g/mol. The molecule has 2 heterocycles. The summed E-state index contributed by atoms with van der Waals surface area (Å²) < 4.78 is 16.4. The van der Waals surface area contributed by atoms with Gasteiger partial charge < -0.3 is 19.3 Å². The van der Waals surface area contributed by atoms with Crippen LogP contribution >= 0.6 is 0 Å². The average molecular weight is 465 g/mol. The largest absolute Gasteiger partial charge is 0.497 e. The van der Waals surface area contributed by atoms with Crippen LogP contribution in [0, 0.1) is 12.8 Å². The molecule has 8 nitrogen and oxygen atoms in total. The minimum Gasteiger partial charge on any atom is -0.497 e. The lowest BCUT2D eigenvalue weighted by molar-refractivity contribution is -0.127. The first-order valence-corrected chi connectivity index (χ1v) is 11.7. The van der Waals surface area contributed by atoms with Crippen molar-refractivity contribution in [1.29, 1.82) is 0 Å². The summed E-state index contributed by atoms with van der Waals surface area (Å²) in [5.74, 6) is 2.85. The van der Waals surface area contributed by atoms with Crippen LogP contribution in [0.25, 0.3) is 11.4 Å². The lowest BCUT2D eigenvalue weighted by atomic mass is 9.95. The number of methoxy groups -OCH3 is 1. The summed E-state index contributed by atoms with van der Waals surface area (Å²) in [4.78, 5) is 19.5. The SMILES string of the molecule is COc1ccc(OCC(C)NC(=O)C2CCN(Cc3nc(-c4ccccc4C)no3)CC2)cc1. The molecule has 1 N–H and O–H groups in total. The van der Waals surface area contributed by atoms with Gasteiger partial charge >= 0.3 is 0 Å². The third-order valence-electron chi connectivity index (χ3n) is 6.12. The van der Waals surface area contributed by atoms with Crippen LogP contribution in [0.1, 0.15) is 31.2 Å². The number of aryl methyl sites for hydroxylation is 1. The van der Waals surface area contributed by atoms with Gasteiger partial charge in [0.1, 0.15) is 18.1 Å². The van der Waals surface area contributed by atoms with Crippen molar-refractivity contribution in [1.82, 2.24) is 20.4 Å². The predicted molar refractivity (Wildman–Crippen MR) is 129 cm³/mol. The van der Waals surface area contributed by atoms with Crippen LogP contribution in [-0.2, 0) is 11.3 Å². The van der Waals surface area contributed by atoms with Crippen molar-refractivity contribution in [3.63, 3.8) is 0 Å². The van der Waals surface area contributed by atoms with Crippen molar-refractivity contribution >= 4 is 5.91 Å². The average Bonchev–Trinajstić information content (AvgIpc) is 3.32. The first-order chi connectivity index (χ1) is 16.5. The number of ether oxygens (including phenoxy) is 2. The maximum Gasteiger partial charge on any atom is 0.241 e. The number of rotatable bonds is 9. The number of benzene rings is 2. The van der Waals surface area contributed by atoms with E-state index in [9.17, 15) is 4.79 Å². The lowest BCUT2D eigenvalue weighted by Crippen LogP contribution is -2.44. The monoisotopic (exact) mass is 464 g/mol. The highest BCUT2D eigenvalue weighted by atomic mass is 16.5. The summed E-state index contributed by atoms with van der Waals surface area (Å²) in [6.07, 6.45) is 1.60. The molecule has 34 heavy (non-hydrogen) atoms. The molecule has 1 unspecified atom stereocenters. The van der Waals surface area contributed by atoms with E-state index >= 15 is 0 Å². The summed E-state index contributed by atoms with van der Waals surface area (Å²) in [5, 5.41) is 7.23. The molecule has 0 spiro atoms. The highest BCUT2D eigenvalue weighted by Gasteiger charge is 2.27. The first kappa shape index (κ1) is 23.8. The molecule has 1 aromatic heterocycles. The van der Waals surface area contributed by atoms with Crippen molar-refractivity contribution in [2.75, 3.05) is 26.8 Å². The van der Waals surface area contributed by atoms with Gasteiger partial charge in [0.25, 0.3) is 0 Å². The molecule has 1 aliphatic heterocycles. The first-order valence-electron chi connectivity index (χ1n) is 11.7. The van der Waals surface area contributed by atoms with Gasteiger partial charge in [-0.05, 0) is 69.6 Å². The number of carbonyl (C=O) groups excluding carboxylic acids is 1. The standard InChI is InChI=1S/C26H32N4O4/c1-18-6-4-5-7-23(18)25-28-24(34-29-25)16-30-14-12-20(13-15-30)26(31)27-19(2)17-33-22-10-8-21(32-3)9-11-22/h4-11,19-20H,12-17H2,1-3H3,(H,27,31). The summed E-state index contributed by atoms with van der Waals surface area (Å²) in [7, 11) is 1.63. The van der Waals surface area contributed by atoms with E-state index in [-0.39, 0.29) is 17.9 Å². The minimum atomic E-state index is -0.0779. The number of likely N-dealkylation sites (tertiary alicyclic amines) is 1. The second-order valence-electron chi connectivity index (χ2n) is 8.77. The molecule has 1 aliphatic rings. The van der Waals surface area contributed by atoms with Gasteiger partial charge in [-0.2, -0.15) is 4.98 Å². The Morgan fingerprint density at radius 3 is 2.56 bits per heavy atom. The van der Waals surface area contributed by atoms with Crippen molar-refractivity contribution in [3.8, 4) is 22.9 Å². The molecular formula is C26H32N4O4. The molecule has 1 fully saturated rings. The number of nitrogens with one attached hydrogen (secondary N) is 1. The molecule has 0 radical (unpaired) electrons. The van der Waals surface area contributed by atoms with E-state index in [1.54, 1.807) is 7.11 Å². The quantitative estimate of drug-likeness (QED) is 0.514. The Morgan fingerprint density at radius 2 is 1.85 bits per heavy atom. The Balaban J connectivity index is 1.19. The van der Waals surface area contributed by atoms with Gasteiger partial charge in [0.2, 0.25) is 17.6 Å². The van der Waals surface area contributed by atoms with Gasteiger partial charge in [-0.3, -0.25) is 9.69 Å². The fourth-order valence-electron chi connectivity index (χ4n) is 4.09. The Bertz CT molecular complexity index is 1070. The van der Waals surface area contributed by atoms with E-state index in [0.29, 0.717) is 24.9 Å². The van der Waals surface area contributed by atoms with Crippen LogP contribution < -0.4 is 14.8 Å². The van der Waals surface area contributed by atoms with E-state index in [1.165, 1.54) is 0 Å². The number of hydrogen-bond donors (Lipinski definition) is 1. The van der Waals surface area contributed by atoms with Gasteiger partial charge in [-0.1, -0.05) is 29.4 Å². The van der Waals surface area contributed by atoms with E-state index < -0.39 is 0 Å². The van der Waals surface area contributed by atoms with E-state index in [4.69, 9.17) is 14.0 Å². The van der Waals surface area contributed by atoms with E-state index in [0.717, 1.165) is 48.6 Å². The highest BCUT2D eigenvalue weighted by Crippen LogP contribution is 2.23. The summed E-state index contributed by atoms with van der Waals surface area (Å²) in [5.41, 5.74) is 2.10. The molecule has 2 aromatic carbocycles. The second-order valence-corrected chi connectivity index (χ2v) is 8.77. The highest BCUT2D eigenvalue weighted by molar-refractivity contribution is 5.79. The predicted octanol–water partition coefficient (Wildman–Crippen LogP) is 3.85. The van der Waals surface area contributed by atoms with Gasteiger partial charge in [0.05, 0.1) is 19.7 Å². The van der Waals surface area contributed by atoms with Crippen LogP contribution in [0.4, 0.5) is 0 Å². The molecule has 1 amide bonds. The maximum absolute atomic E-state index is 12.7. The Kier molecular flexibility index (Phi) is 7.80. The van der Waals surface area contributed by atoms with E-state index in [2.05, 4.69) is 20.4 Å². The molecule has 0 saturated carbocycles. The molecule has 1 atom stereocenters. The van der Waals surface area contributed by atoms with Crippen molar-refractivity contribution in [3.05, 3.63) is 60.0 Å². The number of aromatic nitrogens is 2. The smallest absolute Gasteiger partial charge is 0.241 e. The molecule has 1 saturated heterocycles. The van der Waals surface area contributed by atoms with E-state index in [1.807, 2.05) is 62.4 Å². The summed E-state index contributed by atoms with van der Waals surface area (Å²) >= 11 is 0. The fourth-order valence-corrected chi connectivity index (χ4v) is 4.09. The Morgan fingerprint density at radius 1 is 1.15 bits per heavy atom. The van der Waals surface area contributed by atoms with Crippen molar-refractivity contribution in [2.24, 2.45) is 5.92 Å². The molecule has 0 bridgehead atoms. The molecule has 3 aromatic rings. The summed E-state index contributed by atoms with van der Waals surface area (Å²) in [6.45, 7) is 6.63. The van der Waals surface area contributed by atoms with Crippen LogP contribution in [0.3, 0.4) is 0 Å². The Labute approximate surface area is 200 Å². The van der Waals surface area contributed by atoms with Crippen LogP contribution in [-0.4, -0.2) is 53.8 Å². The topological polar surface area (TPSA) is 89.7 Å².